The van der Waals surface area contributed by atoms with Gasteiger partial charge in [-0.15, -0.1) is 0 Å². The largest absolute Gasteiger partial charge is 0.352 e. The summed E-state index contributed by atoms with van der Waals surface area (Å²) in [5, 5.41) is 3.25. The molecule has 4 nitrogen and oxygen atoms in total. The second kappa shape index (κ2) is 8.85. The average molecular weight is 232 g/mol. The van der Waals surface area contributed by atoms with Crippen molar-refractivity contribution in [2.24, 2.45) is 16.8 Å². The fraction of sp³-hybridized carbons (Fsp3) is 0.900. The lowest BCUT2D eigenvalue weighted by Crippen LogP contribution is -2.46. The first kappa shape index (κ1) is 14.6. The average Bonchev–Trinajstić information content (AvgIpc) is 2.20. The number of hydrogen-bond donors (Lipinski definition) is 3. The summed E-state index contributed by atoms with van der Waals surface area (Å²) in [5.41, 5.74) is 2.59. The Kier molecular flexibility index (Phi) is 8.61. The normalized spacial score (nSPS) is 14.1. The van der Waals surface area contributed by atoms with Crippen LogP contribution in [0.4, 0.5) is 0 Å². The quantitative estimate of drug-likeness (QED) is 0.279. The van der Waals surface area contributed by atoms with Crippen LogP contribution < -0.4 is 16.6 Å². The van der Waals surface area contributed by atoms with Crippen LogP contribution in [0.15, 0.2) is 4.99 Å². The molecule has 1 unspecified atom stereocenters. The number of nitrogens with two attached hydrogens (primary N) is 1. The van der Waals surface area contributed by atoms with Gasteiger partial charge in [0, 0.05) is 18.3 Å². The second-order valence-corrected chi connectivity index (χ2v) is 5.25. The van der Waals surface area contributed by atoms with Gasteiger partial charge in [-0.1, -0.05) is 20.8 Å². The molecule has 4 N–H and O–H groups in total. The molecule has 0 aromatic heterocycles. The van der Waals surface area contributed by atoms with Crippen molar-refractivity contribution >= 4 is 17.7 Å². The molecule has 0 aliphatic carbocycles. The van der Waals surface area contributed by atoms with E-state index >= 15 is 0 Å². The first-order chi connectivity index (χ1) is 7.10. The number of guanidine groups is 1. The number of hydrogen-bond acceptors (Lipinski definition) is 3. The number of aliphatic imine (C=N–C) groups is 1. The predicted octanol–water partition coefficient (Wildman–Crippen LogP) is 1.19. The van der Waals surface area contributed by atoms with Gasteiger partial charge in [0.15, 0.2) is 0 Å². The van der Waals surface area contributed by atoms with Crippen LogP contribution in [0.3, 0.4) is 0 Å². The topological polar surface area (TPSA) is 62.4 Å². The molecule has 0 aromatic rings. The maximum Gasteiger partial charge on any atom is 0.205 e. The molecule has 0 aliphatic rings. The third kappa shape index (κ3) is 8.57. The SMILES string of the molecule is CCSCC(C)NC(=NCC(C)C)NN. The Balaban J connectivity index is 3.91. The Morgan fingerprint density at radius 3 is 2.53 bits per heavy atom. The maximum absolute atomic E-state index is 5.39. The molecular weight excluding hydrogens is 208 g/mol. The summed E-state index contributed by atoms with van der Waals surface area (Å²) in [6, 6.07) is 0.386. The molecule has 0 saturated carbocycles. The Morgan fingerprint density at radius 2 is 2.07 bits per heavy atom. The van der Waals surface area contributed by atoms with Crippen LogP contribution in [-0.2, 0) is 0 Å². The zero-order valence-electron chi connectivity index (χ0n) is 10.2. The molecule has 0 aliphatic heterocycles. The minimum atomic E-state index is 0.386. The fourth-order valence-electron chi connectivity index (χ4n) is 0.977. The van der Waals surface area contributed by atoms with Gasteiger partial charge in [0.1, 0.15) is 0 Å². The summed E-state index contributed by atoms with van der Waals surface area (Å²) < 4.78 is 0. The van der Waals surface area contributed by atoms with Crippen molar-refractivity contribution in [3.63, 3.8) is 0 Å². The number of thioether (sulfide) groups is 1. The smallest absolute Gasteiger partial charge is 0.205 e. The van der Waals surface area contributed by atoms with Crippen molar-refractivity contribution < 1.29 is 0 Å². The van der Waals surface area contributed by atoms with Crippen LogP contribution in [0.1, 0.15) is 27.7 Å². The monoisotopic (exact) mass is 232 g/mol. The fourth-order valence-corrected chi connectivity index (χ4v) is 1.65. The van der Waals surface area contributed by atoms with E-state index in [-0.39, 0.29) is 0 Å². The lowest BCUT2D eigenvalue weighted by atomic mass is 10.2. The van der Waals surface area contributed by atoms with Crippen molar-refractivity contribution in [2.45, 2.75) is 33.7 Å². The van der Waals surface area contributed by atoms with E-state index in [4.69, 9.17) is 5.84 Å². The first-order valence-electron chi connectivity index (χ1n) is 5.45. The number of hydrazine groups is 1. The van der Waals surface area contributed by atoms with E-state index in [2.05, 4.69) is 43.4 Å². The molecule has 0 fully saturated rings. The maximum atomic E-state index is 5.39. The highest BCUT2D eigenvalue weighted by Crippen LogP contribution is 2.01. The highest BCUT2D eigenvalue weighted by molar-refractivity contribution is 7.99. The van der Waals surface area contributed by atoms with Crippen LogP contribution in [0.2, 0.25) is 0 Å². The molecule has 0 rings (SSSR count). The molecule has 15 heavy (non-hydrogen) atoms. The third-order valence-electron chi connectivity index (χ3n) is 1.71. The summed E-state index contributed by atoms with van der Waals surface area (Å²) in [4.78, 5) is 4.35. The molecule has 90 valence electrons. The van der Waals surface area contributed by atoms with Gasteiger partial charge < -0.3 is 5.32 Å². The van der Waals surface area contributed by atoms with E-state index in [0.29, 0.717) is 17.9 Å². The van der Waals surface area contributed by atoms with E-state index in [1.54, 1.807) is 0 Å². The zero-order valence-corrected chi connectivity index (χ0v) is 11.0. The minimum Gasteiger partial charge on any atom is -0.352 e. The van der Waals surface area contributed by atoms with Gasteiger partial charge >= 0.3 is 0 Å². The Hall–Kier alpha value is -0.420. The van der Waals surface area contributed by atoms with Crippen molar-refractivity contribution in [1.29, 1.82) is 0 Å². The molecule has 0 heterocycles. The van der Waals surface area contributed by atoms with Gasteiger partial charge in [0.05, 0.1) is 0 Å². The van der Waals surface area contributed by atoms with Gasteiger partial charge in [0.2, 0.25) is 5.96 Å². The Morgan fingerprint density at radius 1 is 1.40 bits per heavy atom. The van der Waals surface area contributed by atoms with Crippen LogP contribution in [0.25, 0.3) is 0 Å². The van der Waals surface area contributed by atoms with Crippen molar-refractivity contribution in [1.82, 2.24) is 10.7 Å². The first-order valence-corrected chi connectivity index (χ1v) is 6.60. The van der Waals surface area contributed by atoms with Gasteiger partial charge in [-0.05, 0) is 18.6 Å². The van der Waals surface area contributed by atoms with Gasteiger partial charge in [-0.25, -0.2) is 5.84 Å². The highest BCUT2D eigenvalue weighted by Gasteiger charge is 2.04. The van der Waals surface area contributed by atoms with Crippen LogP contribution >= 0.6 is 11.8 Å². The van der Waals surface area contributed by atoms with Crippen molar-refractivity contribution in [3.05, 3.63) is 0 Å². The molecule has 0 radical (unpaired) electrons. The molecule has 0 amide bonds. The molecule has 0 saturated heterocycles. The molecule has 5 heteroatoms. The van der Waals surface area contributed by atoms with Crippen molar-refractivity contribution in [2.75, 3.05) is 18.1 Å². The molecule has 1 atom stereocenters. The van der Waals surface area contributed by atoms with Crippen LogP contribution in [0.5, 0.6) is 0 Å². The third-order valence-corrected chi connectivity index (χ3v) is 2.85. The number of nitrogens with one attached hydrogen (secondary N) is 2. The summed E-state index contributed by atoms with van der Waals surface area (Å²) >= 11 is 1.91. The summed E-state index contributed by atoms with van der Waals surface area (Å²) in [6.45, 7) is 9.35. The van der Waals surface area contributed by atoms with Crippen molar-refractivity contribution in [3.8, 4) is 0 Å². The number of rotatable bonds is 6. The van der Waals surface area contributed by atoms with Crippen LogP contribution in [-0.4, -0.2) is 30.1 Å². The molecule has 0 bridgehead atoms. The van der Waals surface area contributed by atoms with Gasteiger partial charge in [0.25, 0.3) is 0 Å². The lowest BCUT2D eigenvalue weighted by Gasteiger charge is -2.16. The van der Waals surface area contributed by atoms with E-state index < -0.39 is 0 Å². The summed E-state index contributed by atoms with van der Waals surface area (Å²) in [6.07, 6.45) is 0. The van der Waals surface area contributed by atoms with Gasteiger partial charge in [-0.3, -0.25) is 10.4 Å². The summed E-state index contributed by atoms with van der Waals surface area (Å²) in [5.74, 6) is 8.83. The minimum absolute atomic E-state index is 0.386. The zero-order chi connectivity index (χ0) is 11.7. The molecular formula is C10H24N4S. The molecule has 0 spiro atoms. The predicted molar refractivity (Wildman–Crippen MR) is 70.1 cm³/mol. The summed E-state index contributed by atoms with van der Waals surface area (Å²) in [7, 11) is 0. The van der Waals surface area contributed by atoms with Crippen LogP contribution in [0, 0.1) is 5.92 Å². The van der Waals surface area contributed by atoms with Gasteiger partial charge in [-0.2, -0.15) is 11.8 Å². The Bertz CT molecular complexity index is 182. The standard InChI is InChI=1S/C10H24N4S/c1-5-15-7-9(4)13-10(14-11)12-6-8(2)3/h8-9H,5-7,11H2,1-4H3,(H2,12,13,14). The van der Waals surface area contributed by atoms with E-state index in [9.17, 15) is 0 Å². The molecule has 0 aromatic carbocycles. The number of nitrogens with zero attached hydrogens (tertiary/aromatic N) is 1. The van der Waals surface area contributed by atoms with E-state index in [1.165, 1.54) is 0 Å². The Labute approximate surface area is 97.5 Å². The lowest BCUT2D eigenvalue weighted by molar-refractivity contribution is 0.648. The highest BCUT2D eigenvalue weighted by atomic mass is 32.2. The second-order valence-electron chi connectivity index (χ2n) is 3.93. The van der Waals surface area contributed by atoms with E-state index in [1.807, 2.05) is 11.8 Å². The van der Waals surface area contributed by atoms with E-state index in [0.717, 1.165) is 18.1 Å².